The number of hydrogen-bond acceptors (Lipinski definition) is 4. The second-order valence-electron chi connectivity index (χ2n) is 5.82. The zero-order valence-electron chi connectivity index (χ0n) is 12.8. The molecule has 1 amide bonds. The number of hydrogen-bond donors (Lipinski definition) is 2. The van der Waals surface area contributed by atoms with E-state index in [0.29, 0.717) is 12.2 Å². The fraction of sp³-hybridized carbons (Fsp3) is 0.353. The zero-order valence-corrected chi connectivity index (χ0v) is 13.6. The number of carbonyl (C=O) groups excluding carboxylic acids is 1. The molecule has 0 spiro atoms. The third kappa shape index (κ3) is 2.86. The van der Waals surface area contributed by atoms with Gasteiger partial charge in [-0.25, -0.2) is 4.98 Å². The van der Waals surface area contributed by atoms with Crippen molar-refractivity contribution in [2.45, 2.75) is 32.1 Å². The minimum atomic E-state index is -0.0782. The first-order valence-corrected chi connectivity index (χ1v) is 8.81. The molecule has 0 atom stereocenters. The molecule has 0 saturated heterocycles. The minimum Gasteiger partial charge on any atom is -0.350 e. The fourth-order valence-electron chi connectivity index (χ4n) is 3.06. The van der Waals surface area contributed by atoms with Gasteiger partial charge in [0.25, 0.3) is 5.91 Å². The van der Waals surface area contributed by atoms with Crippen molar-refractivity contribution in [3.05, 3.63) is 46.2 Å². The van der Waals surface area contributed by atoms with Gasteiger partial charge in [0.1, 0.15) is 0 Å². The van der Waals surface area contributed by atoms with Crippen molar-refractivity contribution in [1.82, 2.24) is 20.5 Å². The smallest absolute Gasteiger partial charge is 0.272 e. The lowest BCUT2D eigenvalue weighted by Gasteiger charge is -2.10. The Balaban J connectivity index is 1.39. The van der Waals surface area contributed by atoms with Crippen LogP contribution >= 0.6 is 11.3 Å². The Kier molecular flexibility index (Phi) is 3.83. The summed E-state index contributed by atoms with van der Waals surface area (Å²) in [6.07, 6.45) is 5.01. The molecule has 0 fully saturated rings. The molecule has 0 bridgehead atoms. The van der Waals surface area contributed by atoms with Gasteiger partial charge in [-0.2, -0.15) is 5.10 Å². The second kappa shape index (κ2) is 6.12. The number of nitrogens with one attached hydrogen (secondary N) is 2. The molecule has 2 N–H and O–H groups in total. The Morgan fingerprint density at radius 1 is 1.26 bits per heavy atom. The zero-order chi connectivity index (χ0) is 15.6. The highest BCUT2D eigenvalue weighted by Gasteiger charge is 2.21. The summed E-state index contributed by atoms with van der Waals surface area (Å²) in [6, 6.07) is 8.11. The summed E-state index contributed by atoms with van der Waals surface area (Å²) >= 11 is 1.69. The monoisotopic (exact) mass is 326 g/mol. The van der Waals surface area contributed by atoms with Crippen LogP contribution in [0.1, 0.15) is 39.6 Å². The standard InChI is InChI=1S/C17H18N4OS/c22-17(16-11-5-1-2-6-12(11)20-21-16)18-10-9-15-19-13-7-3-4-8-14(13)23-15/h3-4,7-8H,1-2,5-6,9-10H2,(H,18,22)(H,20,21). The number of aromatic amines is 1. The van der Waals surface area contributed by atoms with Gasteiger partial charge in [0.15, 0.2) is 5.69 Å². The normalized spacial score (nSPS) is 13.9. The molecule has 2 aromatic heterocycles. The van der Waals surface area contributed by atoms with Crippen LogP contribution in [0.15, 0.2) is 24.3 Å². The predicted octanol–water partition coefficient (Wildman–Crippen LogP) is 2.87. The average Bonchev–Trinajstić information content (AvgIpc) is 3.18. The summed E-state index contributed by atoms with van der Waals surface area (Å²) in [5.41, 5.74) is 3.84. The van der Waals surface area contributed by atoms with Crippen molar-refractivity contribution in [1.29, 1.82) is 0 Å². The number of thiazole rings is 1. The van der Waals surface area contributed by atoms with E-state index < -0.39 is 0 Å². The number of fused-ring (bicyclic) bond motifs is 2. The van der Waals surface area contributed by atoms with Gasteiger partial charge in [0.05, 0.1) is 15.2 Å². The lowest BCUT2D eigenvalue weighted by atomic mass is 9.96. The minimum absolute atomic E-state index is 0.0782. The lowest BCUT2D eigenvalue weighted by Crippen LogP contribution is -2.27. The highest BCUT2D eigenvalue weighted by Crippen LogP contribution is 2.23. The van der Waals surface area contributed by atoms with Gasteiger partial charge in [-0.05, 0) is 37.8 Å². The predicted molar refractivity (Wildman–Crippen MR) is 90.9 cm³/mol. The summed E-state index contributed by atoms with van der Waals surface area (Å²) in [5, 5.41) is 11.2. The number of benzene rings is 1. The molecule has 5 nitrogen and oxygen atoms in total. The van der Waals surface area contributed by atoms with E-state index in [1.54, 1.807) is 11.3 Å². The molecule has 0 unspecified atom stereocenters. The molecule has 0 radical (unpaired) electrons. The highest BCUT2D eigenvalue weighted by atomic mass is 32.1. The molecule has 6 heteroatoms. The van der Waals surface area contributed by atoms with E-state index in [1.807, 2.05) is 18.2 Å². The van der Waals surface area contributed by atoms with Crippen molar-refractivity contribution < 1.29 is 4.79 Å². The summed E-state index contributed by atoms with van der Waals surface area (Å²) in [7, 11) is 0. The van der Waals surface area contributed by atoms with Crippen LogP contribution < -0.4 is 5.32 Å². The summed E-state index contributed by atoms with van der Waals surface area (Å²) in [4.78, 5) is 16.9. The highest BCUT2D eigenvalue weighted by molar-refractivity contribution is 7.18. The van der Waals surface area contributed by atoms with Gasteiger partial charge >= 0.3 is 0 Å². The topological polar surface area (TPSA) is 70.7 Å². The maximum absolute atomic E-state index is 12.3. The third-order valence-corrected chi connectivity index (χ3v) is 5.33. The summed E-state index contributed by atoms with van der Waals surface area (Å²) in [5.74, 6) is -0.0782. The van der Waals surface area contributed by atoms with Crippen LogP contribution in [-0.4, -0.2) is 27.6 Å². The van der Waals surface area contributed by atoms with Gasteiger partial charge in [-0.15, -0.1) is 11.3 Å². The molecule has 1 aliphatic rings. The SMILES string of the molecule is O=C(NCCc1nc2ccccc2s1)c1n[nH]c2c1CCCC2. The van der Waals surface area contributed by atoms with Gasteiger partial charge in [-0.1, -0.05) is 12.1 Å². The van der Waals surface area contributed by atoms with Crippen LogP contribution in [-0.2, 0) is 19.3 Å². The molecule has 0 aliphatic heterocycles. The number of aromatic nitrogens is 3. The molecule has 1 aliphatic carbocycles. The largest absolute Gasteiger partial charge is 0.350 e. The van der Waals surface area contributed by atoms with E-state index in [9.17, 15) is 4.79 Å². The fourth-order valence-corrected chi connectivity index (χ4v) is 4.03. The number of amides is 1. The van der Waals surface area contributed by atoms with Crippen LogP contribution in [0.2, 0.25) is 0 Å². The first-order chi connectivity index (χ1) is 11.3. The maximum atomic E-state index is 12.3. The molecule has 2 heterocycles. The Hall–Kier alpha value is -2.21. The Bertz CT molecular complexity index is 818. The summed E-state index contributed by atoms with van der Waals surface area (Å²) in [6.45, 7) is 0.584. The molecule has 23 heavy (non-hydrogen) atoms. The van der Waals surface area contributed by atoms with Crippen molar-refractivity contribution in [3.8, 4) is 0 Å². The number of nitrogens with zero attached hydrogens (tertiary/aromatic N) is 2. The molecular formula is C17H18N4OS. The van der Waals surface area contributed by atoms with Gasteiger partial charge < -0.3 is 5.32 Å². The van der Waals surface area contributed by atoms with E-state index in [-0.39, 0.29) is 5.91 Å². The average molecular weight is 326 g/mol. The van der Waals surface area contributed by atoms with E-state index in [2.05, 4.69) is 26.6 Å². The van der Waals surface area contributed by atoms with Gasteiger partial charge in [-0.3, -0.25) is 9.89 Å². The Morgan fingerprint density at radius 3 is 3.04 bits per heavy atom. The van der Waals surface area contributed by atoms with Crippen LogP contribution in [0.25, 0.3) is 10.2 Å². The van der Waals surface area contributed by atoms with Crippen LogP contribution in [0.4, 0.5) is 0 Å². The van der Waals surface area contributed by atoms with Crippen LogP contribution in [0.5, 0.6) is 0 Å². The number of carbonyl (C=O) groups is 1. The lowest BCUT2D eigenvalue weighted by molar-refractivity contribution is 0.0948. The van der Waals surface area contributed by atoms with Gasteiger partial charge in [0.2, 0.25) is 0 Å². The molecular weight excluding hydrogens is 308 g/mol. The van der Waals surface area contributed by atoms with E-state index in [4.69, 9.17) is 0 Å². The van der Waals surface area contributed by atoms with Crippen molar-refractivity contribution in [2.24, 2.45) is 0 Å². The Morgan fingerprint density at radius 2 is 2.13 bits per heavy atom. The van der Waals surface area contributed by atoms with Gasteiger partial charge in [0, 0.05) is 24.2 Å². The number of H-pyrrole nitrogens is 1. The second-order valence-corrected chi connectivity index (χ2v) is 6.93. The Labute approximate surface area is 138 Å². The molecule has 0 saturated carbocycles. The van der Waals surface area contributed by atoms with Crippen LogP contribution in [0, 0.1) is 0 Å². The van der Waals surface area contributed by atoms with E-state index >= 15 is 0 Å². The van der Waals surface area contributed by atoms with E-state index in [1.165, 1.54) is 11.1 Å². The van der Waals surface area contributed by atoms with Crippen LogP contribution in [0.3, 0.4) is 0 Å². The number of para-hydroxylation sites is 1. The molecule has 118 valence electrons. The van der Waals surface area contributed by atoms with Crippen molar-refractivity contribution in [2.75, 3.05) is 6.54 Å². The first kappa shape index (κ1) is 14.4. The number of aryl methyl sites for hydroxylation is 1. The maximum Gasteiger partial charge on any atom is 0.272 e. The molecule has 4 rings (SSSR count). The van der Waals surface area contributed by atoms with Crippen molar-refractivity contribution >= 4 is 27.5 Å². The van der Waals surface area contributed by atoms with Crippen molar-refractivity contribution in [3.63, 3.8) is 0 Å². The first-order valence-electron chi connectivity index (χ1n) is 8.00. The third-order valence-electron chi connectivity index (χ3n) is 4.23. The molecule has 1 aromatic carbocycles. The van der Waals surface area contributed by atoms with E-state index in [0.717, 1.165) is 47.5 Å². The molecule has 3 aromatic rings. The quantitative estimate of drug-likeness (QED) is 0.774. The number of rotatable bonds is 4. The summed E-state index contributed by atoms with van der Waals surface area (Å²) < 4.78 is 1.19.